The molecule has 4 N–H and O–H groups in total. The van der Waals surface area contributed by atoms with Crippen molar-refractivity contribution in [3.05, 3.63) is 47.5 Å². The average Bonchev–Trinajstić information content (AvgIpc) is 2.87. The third-order valence-electron chi connectivity index (χ3n) is 3.53. The fourth-order valence-electron chi connectivity index (χ4n) is 2.42. The van der Waals surface area contributed by atoms with Gasteiger partial charge < -0.3 is 20.1 Å². The van der Waals surface area contributed by atoms with Gasteiger partial charge >= 0.3 is 7.12 Å². The number of nitrogens with two attached hydrogens (primary N) is 1. The van der Waals surface area contributed by atoms with Crippen LogP contribution in [0.1, 0.15) is 11.1 Å². The highest BCUT2D eigenvalue weighted by molar-refractivity contribution is 8.00. The number of fused-ring (bicyclic) bond motifs is 1. The van der Waals surface area contributed by atoms with E-state index in [1.807, 2.05) is 36.4 Å². The van der Waals surface area contributed by atoms with E-state index in [-0.39, 0.29) is 0 Å². The first kappa shape index (κ1) is 16.4. The van der Waals surface area contributed by atoms with E-state index in [0.29, 0.717) is 18.0 Å². The second-order valence-corrected chi connectivity index (χ2v) is 7.65. The largest absolute Gasteiger partial charge is 0.491 e. The van der Waals surface area contributed by atoms with Gasteiger partial charge in [-0.05, 0) is 58.9 Å². The predicted octanol–water partition coefficient (Wildman–Crippen LogP) is 1.48. The maximum Gasteiger partial charge on any atom is 0.491 e. The summed E-state index contributed by atoms with van der Waals surface area (Å²) in [5, 5.41) is 9.76. The van der Waals surface area contributed by atoms with Crippen LogP contribution in [-0.2, 0) is 27.8 Å². The Morgan fingerprint density at radius 1 is 1.39 bits per heavy atom. The molecule has 0 fully saturated rings. The molecule has 0 bridgehead atoms. The van der Waals surface area contributed by atoms with Gasteiger partial charge in [0.2, 0.25) is 0 Å². The van der Waals surface area contributed by atoms with Gasteiger partial charge in [0.1, 0.15) is 0 Å². The number of benzene rings is 2. The van der Waals surface area contributed by atoms with E-state index in [2.05, 4.69) is 4.72 Å². The van der Waals surface area contributed by atoms with Crippen molar-refractivity contribution in [1.82, 2.24) is 0 Å². The van der Waals surface area contributed by atoms with Gasteiger partial charge in [-0.25, -0.2) is 0 Å². The zero-order valence-corrected chi connectivity index (χ0v) is 14.2. The summed E-state index contributed by atoms with van der Waals surface area (Å²) in [6, 6.07) is 11.4. The Balaban J connectivity index is 1.76. The molecule has 5 nitrogen and oxygen atoms in total. The van der Waals surface area contributed by atoms with Crippen LogP contribution in [0.25, 0.3) is 0 Å². The number of anilines is 2. The first-order chi connectivity index (χ1) is 11.0. The minimum absolute atomic E-state index is 0.439. The Labute approximate surface area is 142 Å². The maximum absolute atomic E-state index is 11.5. The van der Waals surface area contributed by atoms with Crippen molar-refractivity contribution in [2.45, 2.75) is 17.3 Å². The first-order valence-electron chi connectivity index (χ1n) is 7.06. The van der Waals surface area contributed by atoms with Crippen molar-refractivity contribution in [3.8, 4) is 0 Å². The quantitative estimate of drug-likeness (QED) is 0.431. The topological polar surface area (TPSA) is 84.6 Å². The van der Waals surface area contributed by atoms with E-state index in [4.69, 9.17) is 10.4 Å². The molecule has 2 aromatic carbocycles. The lowest BCUT2D eigenvalue weighted by molar-refractivity contribution is 0.275. The molecule has 0 radical (unpaired) electrons. The highest BCUT2D eigenvalue weighted by Gasteiger charge is 2.27. The lowest BCUT2D eigenvalue weighted by Crippen LogP contribution is -2.28. The summed E-state index contributed by atoms with van der Waals surface area (Å²) in [5.74, 6) is 0.464. The molecule has 3 rings (SSSR count). The molecule has 0 saturated heterocycles. The van der Waals surface area contributed by atoms with Crippen molar-refractivity contribution in [1.29, 1.82) is 0 Å². The molecular formula is C15H17BN2O3S2. The fraction of sp³-hybridized carbons (Fsp3) is 0.200. The zero-order chi connectivity index (χ0) is 16.4. The molecule has 0 spiro atoms. The second-order valence-electron chi connectivity index (χ2n) is 5.37. The number of hydrogen-bond donors (Lipinski definition) is 3. The predicted molar refractivity (Wildman–Crippen MR) is 96.9 cm³/mol. The summed E-state index contributed by atoms with van der Waals surface area (Å²) < 4.78 is 20.0. The molecule has 1 heterocycles. The normalized spacial score (nSPS) is 14.6. The summed E-state index contributed by atoms with van der Waals surface area (Å²) in [4.78, 5) is 0.978. The summed E-state index contributed by atoms with van der Waals surface area (Å²) in [5.41, 5.74) is 10.1. The molecular weight excluding hydrogens is 331 g/mol. The Morgan fingerprint density at radius 3 is 3.00 bits per heavy atom. The molecule has 120 valence electrons. The SMILES string of the molecule is CS(=O)Cc1cc(N)ccc1SNc1ccc2c(c1)B(O)OC2. The van der Waals surface area contributed by atoms with Crippen LogP contribution in [0.2, 0.25) is 0 Å². The lowest BCUT2D eigenvalue weighted by atomic mass is 9.79. The van der Waals surface area contributed by atoms with Gasteiger partial charge in [-0.2, -0.15) is 0 Å². The third kappa shape index (κ3) is 3.90. The minimum Gasteiger partial charge on any atom is -0.423 e. The lowest BCUT2D eigenvalue weighted by Gasteiger charge is -2.11. The molecule has 1 atom stereocenters. The highest BCUT2D eigenvalue weighted by Crippen LogP contribution is 2.27. The molecule has 1 aliphatic rings. The van der Waals surface area contributed by atoms with E-state index in [1.165, 1.54) is 11.9 Å². The van der Waals surface area contributed by atoms with E-state index in [9.17, 15) is 9.23 Å². The molecule has 0 saturated carbocycles. The van der Waals surface area contributed by atoms with Gasteiger partial charge in [0.25, 0.3) is 0 Å². The number of hydrogen-bond acceptors (Lipinski definition) is 6. The van der Waals surface area contributed by atoms with Crippen molar-refractivity contribution < 1.29 is 13.9 Å². The standard InChI is InChI=1S/C15H17BN2O3S2/c1-23(20)9-11-6-12(17)3-5-15(11)22-18-13-4-2-10-8-21-16(19)14(10)7-13/h2-7,18-19H,8-9,17H2,1H3. The Morgan fingerprint density at radius 2 is 2.22 bits per heavy atom. The van der Waals surface area contributed by atoms with Crippen molar-refractivity contribution in [2.24, 2.45) is 0 Å². The molecule has 1 unspecified atom stereocenters. The Bertz CT molecular complexity index is 757. The van der Waals surface area contributed by atoms with Crippen LogP contribution in [0.3, 0.4) is 0 Å². The van der Waals surface area contributed by atoms with Crippen LogP contribution in [0.4, 0.5) is 11.4 Å². The highest BCUT2D eigenvalue weighted by atomic mass is 32.2. The Kier molecular flexibility index (Phi) is 4.96. The zero-order valence-electron chi connectivity index (χ0n) is 12.6. The monoisotopic (exact) mass is 348 g/mol. The van der Waals surface area contributed by atoms with Gasteiger partial charge in [-0.3, -0.25) is 4.21 Å². The third-order valence-corrected chi connectivity index (χ3v) is 5.20. The van der Waals surface area contributed by atoms with E-state index in [0.717, 1.165) is 27.2 Å². The first-order valence-corrected chi connectivity index (χ1v) is 9.61. The molecule has 23 heavy (non-hydrogen) atoms. The van der Waals surface area contributed by atoms with E-state index < -0.39 is 17.9 Å². The smallest absolute Gasteiger partial charge is 0.423 e. The van der Waals surface area contributed by atoms with Crippen LogP contribution in [-0.4, -0.2) is 22.6 Å². The van der Waals surface area contributed by atoms with Gasteiger partial charge in [0, 0.05) is 39.1 Å². The summed E-state index contributed by atoms with van der Waals surface area (Å²) in [6.07, 6.45) is 1.67. The van der Waals surface area contributed by atoms with Gasteiger partial charge in [0.05, 0.1) is 6.61 Å². The molecule has 0 aliphatic carbocycles. The summed E-state index contributed by atoms with van der Waals surface area (Å²) in [6.45, 7) is 0.439. The Hall–Kier alpha value is -1.48. The maximum atomic E-state index is 11.5. The van der Waals surface area contributed by atoms with Crippen molar-refractivity contribution >= 4 is 46.7 Å². The number of rotatable bonds is 5. The van der Waals surface area contributed by atoms with Crippen LogP contribution >= 0.6 is 11.9 Å². The minimum atomic E-state index is -0.934. The van der Waals surface area contributed by atoms with Crippen LogP contribution in [0.5, 0.6) is 0 Å². The fourth-order valence-corrected chi connectivity index (χ4v) is 3.94. The van der Waals surface area contributed by atoms with Crippen LogP contribution < -0.4 is 15.9 Å². The molecule has 8 heteroatoms. The van der Waals surface area contributed by atoms with Crippen molar-refractivity contribution in [3.63, 3.8) is 0 Å². The molecule has 1 aliphatic heterocycles. The van der Waals surface area contributed by atoms with Gasteiger partial charge in [-0.1, -0.05) is 6.07 Å². The number of nitrogen functional groups attached to an aromatic ring is 1. The summed E-state index contributed by atoms with van der Waals surface area (Å²) in [7, 11) is -1.79. The molecule has 0 aromatic heterocycles. The van der Waals surface area contributed by atoms with Crippen LogP contribution in [0.15, 0.2) is 41.3 Å². The van der Waals surface area contributed by atoms with E-state index in [1.54, 1.807) is 6.26 Å². The van der Waals surface area contributed by atoms with Gasteiger partial charge in [-0.15, -0.1) is 0 Å². The summed E-state index contributed by atoms with van der Waals surface area (Å²) >= 11 is 1.44. The van der Waals surface area contributed by atoms with Crippen molar-refractivity contribution in [2.75, 3.05) is 16.7 Å². The molecule has 2 aromatic rings. The van der Waals surface area contributed by atoms with E-state index >= 15 is 0 Å². The van der Waals surface area contributed by atoms with Gasteiger partial charge in [0.15, 0.2) is 0 Å². The van der Waals surface area contributed by atoms with Crippen LogP contribution in [0, 0.1) is 0 Å². The number of nitrogens with one attached hydrogen (secondary N) is 1. The second kappa shape index (κ2) is 6.96. The molecule has 0 amide bonds. The average molecular weight is 348 g/mol.